The largest absolute Gasteiger partial charge is 0.369 e. The molecular formula is C21H25N3O4S. The van der Waals surface area contributed by atoms with Gasteiger partial charge in [-0.25, -0.2) is 8.42 Å². The van der Waals surface area contributed by atoms with E-state index >= 15 is 0 Å². The fourth-order valence-corrected chi connectivity index (χ4v) is 4.70. The molecule has 0 aromatic heterocycles. The number of nitrogens with two attached hydrogens (primary N) is 1. The van der Waals surface area contributed by atoms with Gasteiger partial charge < -0.3 is 10.6 Å². The Hall–Kier alpha value is -2.71. The first-order valence-corrected chi connectivity index (χ1v) is 11.0. The van der Waals surface area contributed by atoms with Gasteiger partial charge in [0.1, 0.15) is 6.04 Å². The SMILES string of the molecule is NC(=O)C1CCN(C(=O)[C@H](Cc2ccccc2)NS(=O)(=O)c2ccccc2)CC1. The van der Waals surface area contributed by atoms with E-state index in [9.17, 15) is 18.0 Å². The molecule has 0 aliphatic carbocycles. The predicted octanol–water partition coefficient (Wildman–Crippen LogP) is 1.30. The number of benzene rings is 2. The second kappa shape index (κ2) is 9.19. The minimum atomic E-state index is -3.86. The highest BCUT2D eigenvalue weighted by Gasteiger charge is 2.32. The first-order chi connectivity index (χ1) is 13.9. The molecule has 154 valence electrons. The molecule has 0 spiro atoms. The lowest BCUT2D eigenvalue weighted by molar-refractivity contribution is -0.136. The van der Waals surface area contributed by atoms with Crippen molar-refractivity contribution >= 4 is 21.8 Å². The number of likely N-dealkylation sites (tertiary alicyclic amines) is 1. The van der Waals surface area contributed by atoms with Gasteiger partial charge in [-0.3, -0.25) is 9.59 Å². The van der Waals surface area contributed by atoms with Crippen LogP contribution in [0, 0.1) is 5.92 Å². The molecule has 29 heavy (non-hydrogen) atoms. The third-order valence-corrected chi connectivity index (χ3v) is 6.63. The van der Waals surface area contributed by atoms with Crippen molar-refractivity contribution in [3.63, 3.8) is 0 Å². The molecule has 2 aromatic carbocycles. The van der Waals surface area contributed by atoms with Gasteiger partial charge in [-0.15, -0.1) is 0 Å². The monoisotopic (exact) mass is 415 g/mol. The van der Waals surface area contributed by atoms with Gasteiger partial charge in [0.05, 0.1) is 4.90 Å². The molecule has 7 nitrogen and oxygen atoms in total. The van der Waals surface area contributed by atoms with Crippen LogP contribution in [0.5, 0.6) is 0 Å². The van der Waals surface area contributed by atoms with Gasteiger partial charge >= 0.3 is 0 Å². The molecule has 1 fully saturated rings. The van der Waals surface area contributed by atoms with E-state index in [4.69, 9.17) is 5.73 Å². The maximum Gasteiger partial charge on any atom is 0.241 e. The molecule has 1 heterocycles. The quantitative estimate of drug-likeness (QED) is 0.710. The molecule has 3 N–H and O–H groups in total. The summed E-state index contributed by atoms with van der Waals surface area (Å²) < 4.78 is 28.2. The summed E-state index contributed by atoms with van der Waals surface area (Å²) in [6, 6.07) is 16.3. The Bertz CT molecular complexity index is 940. The average Bonchev–Trinajstić information content (AvgIpc) is 2.74. The van der Waals surface area contributed by atoms with Crippen LogP contribution in [0.2, 0.25) is 0 Å². The first kappa shape index (κ1) is 21.0. The van der Waals surface area contributed by atoms with Crippen molar-refractivity contribution in [1.29, 1.82) is 0 Å². The molecule has 0 unspecified atom stereocenters. The van der Waals surface area contributed by atoms with Crippen molar-refractivity contribution in [1.82, 2.24) is 9.62 Å². The summed E-state index contributed by atoms with van der Waals surface area (Å²) in [5.41, 5.74) is 6.22. The van der Waals surface area contributed by atoms with E-state index in [1.54, 1.807) is 23.1 Å². The molecule has 3 rings (SSSR count). The predicted molar refractivity (Wildman–Crippen MR) is 109 cm³/mol. The number of carbonyl (C=O) groups is 2. The Morgan fingerprint density at radius 1 is 1.00 bits per heavy atom. The van der Waals surface area contributed by atoms with Crippen molar-refractivity contribution in [2.45, 2.75) is 30.2 Å². The van der Waals surface area contributed by atoms with E-state index in [-0.39, 0.29) is 29.0 Å². The number of carbonyl (C=O) groups excluding carboxylic acids is 2. The lowest BCUT2D eigenvalue weighted by Crippen LogP contribution is -2.52. The van der Waals surface area contributed by atoms with Gasteiger partial charge in [-0.05, 0) is 37.0 Å². The number of primary amides is 1. The lowest BCUT2D eigenvalue weighted by atomic mass is 9.95. The molecule has 1 aliphatic heterocycles. The minimum Gasteiger partial charge on any atom is -0.369 e. The number of hydrogen-bond donors (Lipinski definition) is 2. The van der Waals surface area contributed by atoms with E-state index in [2.05, 4.69) is 4.72 Å². The number of nitrogens with zero attached hydrogens (tertiary/aromatic N) is 1. The van der Waals surface area contributed by atoms with Crippen molar-refractivity contribution in [3.05, 3.63) is 66.2 Å². The number of rotatable bonds is 7. The molecule has 0 saturated carbocycles. The second-order valence-electron chi connectivity index (χ2n) is 7.18. The summed E-state index contributed by atoms with van der Waals surface area (Å²) in [7, 11) is -3.86. The fourth-order valence-electron chi connectivity index (χ4n) is 3.49. The Morgan fingerprint density at radius 3 is 2.10 bits per heavy atom. The van der Waals surface area contributed by atoms with E-state index in [1.807, 2.05) is 30.3 Å². The second-order valence-corrected chi connectivity index (χ2v) is 8.89. The number of sulfonamides is 1. The van der Waals surface area contributed by atoms with Crippen LogP contribution in [0.4, 0.5) is 0 Å². The zero-order chi connectivity index (χ0) is 20.9. The van der Waals surface area contributed by atoms with E-state index in [1.165, 1.54) is 12.1 Å². The maximum atomic E-state index is 13.2. The summed E-state index contributed by atoms with van der Waals surface area (Å²) in [4.78, 5) is 26.3. The Balaban J connectivity index is 1.79. The third kappa shape index (κ3) is 5.42. The minimum absolute atomic E-state index is 0.110. The summed E-state index contributed by atoms with van der Waals surface area (Å²) in [5, 5.41) is 0. The van der Waals surface area contributed by atoms with Crippen molar-refractivity contribution < 1.29 is 18.0 Å². The third-order valence-electron chi connectivity index (χ3n) is 5.14. The molecule has 1 aliphatic rings. The summed E-state index contributed by atoms with van der Waals surface area (Å²) in [6.07, 6.45) is 1.22. The van der Waals surface area contributed by atoms with Crippen molar-refractivity contribution in [2.75, 3.05) is 13.1 Å². The van der Waals surface area contributed by atoms with Gasteiger partial charge in [0.2, 0.25) is 21.8 Å². The van der Waals surface area contributed by atoms with Crippen LogP contribution in [0.1, 0.15) is 18.4 Å². The summed E-state index contributed by atoms with van der Waals surface area (Å²) >= 11 is 0. The van der Waals surface area contributed by atoms with E-state index < -0.39 is 16.1 Å². The molecule has 1 saturated heterocycles. The van der Waals surface area contributed by atoms with Crippen LogP contribution >= 0.6 is 0 Å². The standard InChI is InChI=1S/C21H25N3O4S/c22-20(25)17-11-13-24(14-12-17)21(26)19(15-16-7-3-1-4-8-16)23-29(27,28)18-9-5-2-6-10-18/h1-10,17,19,23H,11-15H2,(H2,22,25)/t19-/m0/s1. The van der Waals surface area contributed by atoms with Crippen LogP contribution in [-0.2, 0) is 26.0 Å². The Morgan fingerprint density at radius 2 is 1.55 bits per heavy atom. The number of amides is 2. The average molecular weight is 416 g/mol. The summed E-state index contributed by atoms with van der Waals surface area (Å²) in [5.74, 6) is -0.897. The molecule has 1 atom stereocenters. The zero-order valence-corrected chi connectivity index (χ0v) is 16.8. The zero-order valence-electron chi connectivity index (χ0n) is 16.0. The van der Waals surface area contributed by atoms with Crippen LogP contribution in [0.3, 0.4) is 0 Å². The van der Waals surface area contributed by atoms with Gasteiger partial charge in [-0.1, -0.05) is 48.5 Å². The number of nitrogens with one attached hydrogen (secondary N) is 1. The first-order valence-electron chi connectivity index (χ1n) is 9.56. The molecule has 8 heteroatoms. The highest BCUT2D eigenvalue weighted by Crippen LogP contribution is 2.19. The van der Waals surface area contributed by atoms with Gasteiger partial charge in [0, 0.05) is 19.0 Å². The smallest absolute Gasteiger partial charge is 0.241 e. The fraction of sp³-hybridized carbons (Fsp3) is 0.333. The van der Waals surface area contributed by atoms with Gasteiger partial charge in [0.15, 0.2) is 0 Å². The molecule has 2 amide bonds. The highest BCUT2D eigenvalue weighted by molar-refractivity contribution is 7.89. The van der Waals surface area contributed by atoms with Crippen LogP contribution in [-0.4, -0.2) is 44.3 Å². The van der Waals surface area contributed by atoms with Crippen LogP contribution in [0.25, 0.3) is 0 Å². The van der Waals surface area contributed by atoms with Crippen LogP contribution < -0.4 is 10.5 Å². The van der Waals surface area contributed by atoms with Crippen molar-refractivity contribution in [3.8, 4) is 0 Å². The topological polar surface area (TPSA) is 110 Å². The van der Waals surface area contributed by atoms with Gasteiger partial charge in [-0.2, -0.15) is 4.72 Å². The molecule has 2 aromatic rings. The normalized spacial score (nSPS) is 16.3. The number of hydrogen-bond acceptors (Lipinski definition) is 4. The summed E-state index contributed by atoms with van der Waals surface area (Å²) in [6.45, 7) is 0.760. The van der Waals surface area contributed by atoms with E-state index in [0.717, 1.165) is 5.56 Å². The lowest BCUT2D eigenvalue weighted by Gasteiger charge is -2.33. The van der Waals surface area contributed by atoms with Crippen molar-refractivity contribution in [2.24, 2.45) is 11.7 Å². The molecular weight excluding hydrogens is 390 g/mol. The Kier molecular flexibility index (Phi) is 6.66. The Labute approximate surface area is 171 Å². The van der Waals surface area contributed by atoms with Gasteiger partial charge in [0.25, 0.3) is 0 Å². The van der Waals surface area contributed by atoms with E-state index in [0.29, 0.717) is 25.9 Å². The van der Waals surface area contributed by atoms with Crippen LogP contribution in [0.15, 0.2) is 65.6 Å². The molecule has 0 radical (unpaired) electrons. The molecule has 0 bridgehead atoms. The highest BCUT2D eigenvalue weighted by atomic mass is 32.2. The number of piperidine rings is 1. The maximum absolute atomic E-state index is 13.2.